The van der Waals surface area contributed by atoms with Gasteiger partial charge in [0.15, 0.2) is 8.68 Å². The van der Waals surface area contributed by atoms with E-state index in [9.17, 15) is 9.59 Å². The highest BCUT2D eigenvalue weighted by Gasteiger charge is 2.24. The summed E-state index contributed by atoms with van der Waals surface area (Å²) in [7, 11) is 0. The van der Waals surface area contributed by atoms with Crippen LogP contribution in [0.5, 0.6) is 0 Å². The van der Waals surface area contributed by atoms with Gasteiger partial charge in [-0.2, -0.15) is 0 Å². The molecule has 5 rings (SSSR count). The van der Waals surface area contributed by atoms with Crippen LogP contribution in [0.2, 0.25) is 0 Å². The van der Waals surface area contributed by atoms with E-state index in [-0.39, 0.29) is 17.1 Å². The van der Waals surface area contributed by atoms with Crippen LogP contribution in [-0.4, -0.2) is 44.5 Å². The maximum atomic E-state index is 12.8. The molecule has 0 saturated heterocycles. The first kappa shape index (κ1) is 23.1. The topological polar surface area (TPSA) is 114 Å². The SMILES string of the molecule is C[C@H](Sc1nnc(N)s1)C(=O)Nc1ccc2nc(SCC(=O)N3CCc4ccccc43)sc2c1. The van der Waals surface area contributed by atoms with E-state index in [0.29, 0.717) is 20.9 Å². The minimum absolute atomic E-state index is 0.0887. The number of benzene rings is 2. The molecule has 3 heterocycles. The lowest BCUT2D eigenvalue weighted by Crippen LogP contribution is -2.30. The highest BCUT2D eigenvalue weighted by Crippen LogP contribution is 2.34. The van der Waals surface area contributed by atoms with Crippen LogP contribution in [0, 0.1) is 0 Å². The van der Waals surface area contributed by atoms with Crippen molar-refractivity contribution in [3.8, 4) is 0 Å². The fraction of sp³-hybridized carbons (Fsp3) is 0.227. The van der Waals surface area contributed by atoms with Crippen molar-refractivity contribution in [2.75, 3.05) is 28.2 Å². The Morgan fingerprint density at radius 1 is 1.18 bits per heavy atom. The van der Waals surface area contributed by atoms with E-state index >= 15 is 0 Å². The monoisotopic (exact) mass is 528 g/mol. The minimum atomic E-state index is -0.350. The van der Waals surface area contributed by atoms with Gasteiger partial charge in [0.25, 0.3) is 0 Å². The summed E-state index contributed by atoms with van der Waals surface area (Å²) in [5, 5.41) is 10.7. The van der Waals surface area contributed by atoms with E-state index in [4.69, 9.17) is 5.73 Å². The maximum Gasteiger partial charge on any atom is 0.237 e. The van der Waals surface area contributed by atoms with Crippen molar-refractivity contribution in [1.82, 2.24) is 15.2 Å². The van der Waals surface area contributed by atoms with E-state index in [2.05, 4.69) is 26.6 Å². The van der Waals surface area contributed by atoms with Gasteiger partial charge >= 0.3 is 0 Å². The highest BCUT2D eigenvalue weighted by atomic mass is 32.2. The van der Waals surface area contributed by atoms with Gasteiger partial charge in [0.05, 0.1) is 21.2 Å². The number of carbonyl (C=O) groups is 2. The molecule has 4 aromatic rings. The van der Waals surface area contributed by atoms with Gasteiger partial charge in [0, 0.05) is 17.9 Å². The van der Waals surface area contributed by atoms with E-state index in [1.807, 2.05) is 48.2 Å². The number of thioether (sulfide) groups is 2. The first-order valence-corrected chi connectivity index (χ1v) is 13.9. The molecule has 0 aliphatic carbocycles. The molecular weight excluding hydrogens is 509 g/mol. The summed E-state index contributed by atoms with van der Waals surface area (Å²) in [6, 6.07) is 13.7. The third-order valence-corrected chi connectivity index (χ3v) is 9.30. The number of carbonyl (C=O) groups excluding carboxylic acids is 2. The number of para-hydroxylation sites is 1. The Hall–Kier alpha value is -2.67. The largest absolute Gasteiger partial charge is 0.374 e. The van der Waals surface area contributed by atoms with Gasteiger partial charge in [-0.1, -0.05) is 53.1 Å². The van der Waals surface area contributed by atoms with Gasteiger partial charge in [-0.25, -0.2) is 4.98 Å². The predicted octanol–water partition coefficient (Wildman–Crippen LogP) is 4.53. The summed E-state index contributed by atoms with van der Waals surface area (Å²) in [5.74, 6) is 0.294. The fourth-order valence-corrected chi connectivity index (χ4v) is 7.32. The van der Waals surface area contributed by atoms with E-state index in [1.165, 1.54) is 51.8 Å². The number of fused-ring (bicyclic) bond motifs is 2. The number of nitrogen functional groups attached to an aromatic ring is 1. The number of nitrogens with one attached hydrogen (secondary N) is 1. The van der Waals surface area contributed by atoms with Crippen LogP contribution in [0.3, 0.4) is 0 Å². The van der Waals surface area contributed by atoms with Crippen LogP contribution in [-0.2, 0) is 16.0 Å². The Labute approximate surface area is 212 Å². The number of rotatable bonds is 7. The quantitative estimate of drug-likeness (QED) is 0.336. The number of hydrogen-bond donors (Lipinski definition) is 2. The fourth-order valence-electron chi connectivity index (χ4n) is 3.56. The second-order valence-corrected chi connectivity index (χ2v) is 12.4. The normalized spacial score (nSPS) is 13.7. The molecule has 0 fully saturated rings. The number of nitrogens with zero attached hydrogens (tertiary/aromatic N) is 4. The summed E-state index contributed by atoms with van der Waals surface area (Å²) < 4.78 is 2.44. The Balaban J connectivity index is 1.20. The molecule has 1 aliphatic rings. The highest BCUT2D eigenvalue weighted by molar-refractivity contribution is 8.02. The number of thiazole rings is 1. The average molecular weight is 529 g/mol. The molecule has 0 unspecified atom stereocenters. The van der Waals surface area contributed by atoms with Crippen molar-refractivity contribution < 1.29 is 9.59 Å². The van der Waals surface area contributed by atoms with Crippen LogP contribution >= 0.6 is 46.2 Å². The molecule has 174 valence electrons. The Kier molecular flexibility index (Phi) is 6.73. The van der Waals surface area contributed by atoms with E-state index < -0.39 is 0 Å². The van der Waals surface area contributed by atoms with Crippen molar-refractivity contribution in [1.29, 1.82) is 0 Å². The zero-order chi connectivity index (χ0) is 23.7. The zero-order valence-electron chi connectivity index (χ0n) is 18.1. The first-order valence-electron chi connectivity index (χ1n) is 10.4. The molecule has 1 atom stereocenters. The van der Waals surface area contributed by atoms with Gasteiger partial charge in [-0.05, 0) is 43.2 Å². The Morgan fingerprint density at radius 3 is 2.85 bits per heavy atom. The molecule has 0 spiro atoms. The molecule has 12 heteroatoms. The van der Waals surface area contributed by atoms with Gasteiger partial charge in [0.2, 0.25) is 16.9 Å². The molecular formula is C22H20N6O2S4. The molecule has 1 aliphatic heterocycles. The van der Waals surface area contributed by atoms with Gasteiger partial charge in [-0.3, -0.25) is 9.59 Å². The lowest BCUT2D eigenvalue weighted by atomic mass is 10.2. The van der Waals surface area contributed by atoms with Crippen molar-refractivity contribution in [2.45, 2.75) is 27.3 Å². The Morgan fingerprint density at radius 2 is 2.03 bits per heavy atom. The summed E-state index contributed by atoms with van der Waals surface area (Å²) in [6.45, 7) is 2.54. The van der Waals surface area contributed by atoms with E-state index in [1.54, 1.807) is 0 Å². The zero-order valence-corrected chi connectivity index (χ0v) is 21.3. The molecule has 8 nitrogen and oxygen atoms in total. The molecule has 0 saturated carbocycles. The van der Waals surface area contributed by atoms with E-state index in [0.717, 1.165) is 33.2 Å². The maximum absolute atomic E-state index is 12.8. The molecule has 34 heavy (non-hydrogen) atoms. The number of aromatic nitrogens is 3. The lowest BCUT2D eigenvalue weighted by molar-refractivity contribution is -0.116. The molecule has 2 aromatic heterocycles. The second kappa shape index (κ2) is 9.90. The first-order chi connectivity index (χ1) is 16.5. The molecule has 0 bridgehead atoms. The third-order valence-electron chi connectivity index (χ3n) is 5.21. The van der Waals surface area contributed by atoms with Crippen molar-refractivity contribution in [3.63, 3.8) is 0 Å². The lowest BCUT2D eigenvalue weighted by Gasteiger charge is -2.16. The predicted molar refractivity (Wildman–Crippen MR) is 141 cm³/mol. The summed E-state index contributed by atoms with van der Waals surface area (Å²) in [4.78, 5) is 31.9. The van der Waals surface area contributed by atoms with Crippen molar-refractivity contribution in [3.05, 3.63) is 48.0 Å². The van der Waals surface area contributed by atoms with Gasteiger partial charge in [0.1, 0.15) is 0 Å². The summed E-state index contributed by atoms with van der Waals surface area (Å²) in [5.41, 5.74) is 9.38. The van der Waals surface area contributed by atoms with Gasteiger partial charge in [-0.15, -0.1) is 21.5 Å². The third kappa shape index (κ3) is 5.04. The number of hydrogen-bond acceptors (Lipinski definition) is 10. The van der Waals surface area contributed by atoms with Crippen molar-refractivity contribution in [2.24, 2.45) is 0 Å². The molecule has 0 radical (unpaired) electrons. The molecule has 3 N–H and O–H groups in total. The summed E-state index contributed by atoms with van der Waals surface area (Å²) in [6.07, 6.45) is 0.897. The number of nitrogens with two attached hydrogens (primary N) is 1. The minimum Gasteiger partial charge on any atom is -0.374 e. The number of anilines is 3. The molecule has 2 aromatic carbocycles. The number of amides is 2. The van der Waals surface area contributed by atoms with Crippen LogP contribution < -0.4 is 16.0 Å². The summed E-state index contributed by atoms with van der Waals surface area (Å²) >= 11 is 5.54. The van der Waals surface area contributed by atoms with Crippen LogP contribution in [0.4, 0.5) is 16.5 Å². The van der Waals surface area contributed by atoms with Gasteiger partial charge < -0.3 is 16.0 Å². The van der Waals surface area contributed by atoms with Crippen LogP contribution in [0.15, 0.2) is 51.1 Å². The smallest absolute Gasteiger partial charge is 0.237 e. The molecule has 2 amide bonds. The standard InChI is InChI=1S/C22H20N6O2S4/c1-12(32-22-27-26-20(23)34-22)19(30)24-14-6-7-15-17(10-14)33-21(25-15)31-11-18(29)28-9-8-13-4-2-3-5-16(13)28/h2-7,10,12H,8-9,11H2,1H3,(H2,23,26)(H,24,30)/t12-/m0/s1. The van der Waals surface area contributed by atoms with Crippen molar-refractivity contribution >= 4 is 84.7 Å². The average Bonchev–Trinajstić information content (AvgIpc) is 3.55. The Bertz CT molecular complexity index is 1370. The second-order valence-electron chi connectivity index (χ2n) is 7.53. The van der Waals surface area contributed by atoms with Crippen LogP contribution in [0.25, 0.3) is 10.2 Å². The van der Waals surface area contributed by atoms with Crippen LogP contribution in [0.1, 0.15) is 12.5 Å².